The number of carbonyl (C=O) groups is 1. The molecule has 0 aliphatic carbocycles. The van der Waals surface area contributed by atoms with Crippen LogP contribution in [0, 0.1) is 6.92 Å². The van der Waals surface area contributed by atoms with E-state index >= 15 is 0 Å². The van der Waals surface area contributed by atoms with E-state index in [9.17, 15) is 4.79 Å². The number of thioether (sulfide) groups is 1. The van der Waals surface area contributed by atoms with Gasteiger partial charge < -0.3 is 19.3 Å². The molecule has 4 rings (SSSR count). The molecule has 0 N–H and O–H groups in total. The summed E-state index contributed by atoms with van der Waals surface area (Å²) < 4.78 is 10.8. The third-order valence-corrected chi connectivity index (χ3v) is 8.48. The number of hydrogen-bond acceptors (Lipinski definition) is 4. The van der Waals surface area contributed by atoms with Crippen LogP contribution < -0.4 is 4.74 Å². The molecule has 0 bridgehead atoms. The van der Waals surface area contributed by atoms with Crippen LogP contribution in [-0.2, 0) is 17.8 Å². The fourth-order valence-electron chi connectivity index (χ4n) is 5.11. The van der Waals surface area contributed by atoms with E-state index in [-0.39, 0.29) is 18.1 Å². The predicted octanol–water partition coefficient (Wildman–Crippen LogP) is 6.06. The third kappa shape index (κ3) is 6.42. The Labute approximate surface area is 214 Å². The zero-order valence-corrected chi connectivity index (χ0v) is 21.8. The number of amides is 2. The SMILES string of the molecule is C=CCOCCCCC[C@@H]1SC[C@H]2[C@@H]1N(Cc1ccc(C)cc1)C(=O)N2Cc1ccc(OC)cc1. The molecular formula is C29H38N2O3S. The Morgan fingerprint density at radius 3 is 2.37 bits per heavy atom. The van der Waals surface area contributed by atoms with E-state index in [2.05, 4.69) is 59.7 Å². The van der Waals surface area contributed by atoms with E-state index < -0.39 is 0 Å². The Hall–Kier alpha value is -2.44. The topological polar surface area (TPSA) is 42.0 Å². The molecule has 0 aromatic heterocycles. The lowest BCUT2D eigenvalue weighted by Crippen LogP contribution is -2.40. The normalized spacial score (nSPS) is 21.4. The van der Waals surface area contributed by atoms with E-state index in [1.165, 1.54) is 17.5 Å². The summed E-state index contributed by atoms with van der Waals surface area (Å²) in [7, 11) is 1.68. The van der Waals surface area contributed by atoms with E-state index in [1.54, 1.807) is 13.2 Å². The van der Waals surface area contributed by atoms with E-state index in [0.29, 0.717) is 24.9 Å². The highest BCUT2D eigenvalue weighted by Crippen LogP contribution is 2.42. The second-order valence-corrected chi connectivity index (χ2v) is 10.8. The summed E-state index contributed by atoms with van der Waals surface area (Å²) in [4.78, 5) is 18.0. The summed E-state index contributed by atoms with van der Waals surface area (Å²) in [6.45, 7) is 8.53. The van der Waals surface area contributed by atoms with E-state index in [1.807, 2.05) is 23.9 Å². The highest BCUT2D eigenvalue weighted by Gasteiger charge is 2.52. The lowest BCUT2D eigenvalue weighted by molar-refractivity contribution is 0.157. The molecule has 0 saturated carbocycles. The largest absolute Gasteiger partial charge is 0.497 e. The number of carbonyl (C=O) groups excluding carboxylic acids is 1. The van der Waals surface area contributed by atoms with Gasteiger partial charge >= 0.3 is 6.03 Å². The molecule has 0 spiro atoms. The molecule has 2 heterocycles. The molecule has 0 unspecified atom stereocenters. The van der Waals surface area contributed by atoms with Crippen molar-refractivity contribution in [3.05, 3.63) is 77.9 Å². The third-order valence-electron chi connectivity index (χ3n) is 7.01. The van der Waals surface area contributed by atoms with Crippen molar-refractivity contribution in [3.63, 3.8) is 0 Å². The number of hydrogen-bond donors (Lipinski definition) is 0. The van der Waals surface area contributed by atoms with E-state index in [4.69, 9.17) is 9.47 Å². The van der Waals surface area contributed by atoms with Crippen molar-refractivity contribution in [1.29, 1.82) is 0 Å². The van der Waals surface area contributed by atoms with Crippen LogP contribution in [0.1, 0.15) is 42.4 Å². The zero-order chi connectivity index (χ0) is 24.6. The summed E-state index contributed by atoms with van der Waals surface area (Å²) in [5.41, 5.74) is 3.58. The quantitative estimate of drug-likeness (QED) is 0.193. The van der Waals surface area contributed by atoms with Crippen LogP contribution in [-0.4, -0.2) is 59.2 Å². The van der Waals surface area contributed by atoms with Crippen molar-refractivity contribution in [1.82, 2.24) is 9.80 Å². The molecular weight excluding hydrogens is 456 g/mol. The van der Waals surface area contributed by atoms with Crippen molar-refractivity contribution in [3.8, 4) is 5.75 Å². The average molecular weight is 495 g/mol. The van der Waals surface area contributed by atoms with Crippen LogP contribution in [0.4, 0.5) is 4.79 Å². The van der Waals surface area contributed by atoms with Crippen LogP contribution in [0.5, 0.6) is 5.75 Å². The van der Waals surface area contributed by atoms with Crippen LogP contribution in [0.25, 0.3) is 0 Å². The van der Waals surface area contributed by atoms with Gasteiger partial charge in [0.1, 0.15) is 5.75 Å². The minimum absolute atomic E-state index is 0.166. The van der Waals surface area contributed by atoms with Crippen molar-refractivity contribution >= 4 is 17.8 Å². The number of ether oxygens (including phenoxy) is 2. The molecule has 2 aromatic rings. The molecule has 2 amide bonds. The molecule has 0 radical (unpaired) electrons. The predicted molar refractivity (Wildman–Crippen MR) is 144 cm³/mol. The highest BCUT2D eigenvalue weighted by atomic mass is 32.2. The average Bonchev–Trinajstić information content (AvgIpc) is 3.39. The van der Waals surface area contributed by atoms with Crippen LogP contribution in [0.15, 0.2) is 61.2 Å². The number of benzene rings is 2. The van der Waals surface area contributed by atoms with Crippen LogP contribution >= 0.6 is 11.8 Å². The fraction of sp³-hybridized carbons (Fsp3) is 0.483. The summed E-state index contributed by atoms with van der Waals surface area (Å²) in [6.07, 6.45) is 6.35. The number of methoxy groups -OCH3 is 1. The molecule has 2 aromatic carbocycles. The Balaban J connectivity index is 1.44. The maximum absolute atomic E-state index is 13.7. The number of aryl methyl sites for hydroxylation is 1. The number of urea groups is 1. The first-order valence-corrected chi connectivity index (χ1v) is 13.7. The van der Waals surface area contributed by atoms with Gasteiger partial charge in [0.05, 0.1) is 25.8 Å². The standard InChI is InChI=1S/C29H38N2O3S/c1-4-17-34-18-7-5-6-8-27-28-26(21-35-27)30(19-24-13-15-25(33-3)16-14-24)29(32)31(28)20-23-11-9-22(2)10-12-23/h4,9-16,26-28H,1,5-8,17-21H2,2-3H3/t26-,27-,28-/m0/s1. The molecule has 2 saturated heterocycles. The van der Waals surface area contributed by atoms with Gasteiger partial charge in [0.15, 0.2) is 0 Å². The Morgan fingerprint density at radius 2 is 1.69 bits per heavy atom. The molecule has 188 valence electrons. The van der Waals surface area contributed by atoms with Gasteiger partial charge in [0, 0.05) is 30.7 Å². The smallest absolute Gasteiger partial charge is 0.321 e. The van der Waals surface area contributed by atoms with E-state index in [0.717, 1.165) is 42.9 Å². The van der Waals surface area contributed by atoms with Gasteiger partial charge in [-0.3, -0.25) is 0 Å². The first-order valence-electron chi connectivity index (χ1n) is 12.7. The maximum Gasteiger partial charge on any atom is 0.321 e. The van der Waals surface area contributed by atoms with Crippen molar-refractivity contribution in [2.24, 2.45) is 0 Å². The number of nitrogens with zero attached hydrogens (tertiary/aromatic N) is 2. The summed E-state index contributed by atoms with van der Waals surface area (Å²) in [5, 5.41) is 0.476. The van der Waals surface area contributed by atoms with Crippen molar-refractivity contribution in [2.75, 3.05) is 26.1 Å². The maximum atomic E-state index is 13.7. The van der Waals surface area contributed by atoms with Crippen molar-refractivity contribution < 1.29 is 14.3 Å². The zero-order valence-electron chi connectivity index (χ0n) is 21.0. The summed E-state index contributed by atoms with van der Waals surface area (Å²) >= 11 is 2.05. The number of rotatable bonds is 13. The second kappa shape index (κ2) is 12.5. The molecule has 2 aliphatic rings. The van der Waals surface area contributed by atoms with Crippen molar-refractivity contribution in [2.45, 2.75) is 63.0 Å². The van der Waals surface area contributed by atoms with Gasteiger partial charge in [0.25, 0.3) is 0 Å². The van der Waals surface area contributed by atoms with Gasteiger partial charge in [-0.25, -0.2) is 4.79 Å². The lowest BCUT2D eigenvalue weighted by Gasteiger charge is -2.27. The Kier molecular flexibility index (Phi) is 9.16. The number of unbranched alkanes of at least 4 members (excludes halogenated alkanes) is 2. The second-order valence-electron chi connectivity index (χ2n) is 9.51. The fourth-order valence-corrected chi connectivity index (χ4v) is 6.79. The first kappa shape index (κ1) is 25.6. The number of fused-ring (bicyclic) bond motifs is 1. The molecule has 2 fully saturated rings. The van der Waals surface area contributed by atoms with Gasteiger partial charge in [-0.15, -0.1) is 6.58 Å². The lowest BCUT2D eigenvalue weighted by atomic mass is 10.00. The highest BCUT2D eigenvalue weighted by molar-refractivity contribution is 8.00. The minimum Gasteiger partial charge on any atom is -0.497 e. The first-order chi connectivity index (χ1) is 17.1. The molecule has 6 heteroatoms. The summed E-state index contributed by atoms with van der Waals surface area (Å²) in [6, 6.07) is 17.3. The molecule has 5 nitrogen and oxygen atoms in total. The van der Waals surface area contributed by atoms with Gasteiger partial charge in [-0.1, -0.05) is 60.9 Å². The minimum atomic E-state index is 0.166. The van der Waals surface area contributed by atoms with Gasteiger partial charge in [-0.05, 0) is 43.0 Å². The molecule has 3 atom stereocenters. The van der Waals surface area contributed by atoms with Gasteiger partial charge in [0.2, 0.25) is 0 Å². The Bertz CT molecular complexity index is 963. The molecule has 2 aliphatic heterocycles. The van der Waals surface area contributed by atoms with Crippen LogP contribution in [0.3, 0.4) is 0 Å². The molecule has 35 heavy (non-hydrogen) atoms. The monoisotopic (exact) mass is 494 g/mol. The van der Waals surface area contributed by atoms with Crippen LogP contribution in [0.2, 0.25) is 0 Å². The summed E-state index contributed by atoms with van der Waals surface area (Å²) in [5.74, 6) is 1.84. The Morgan fingerprint density at radius 1 is 1.00 bits per heavy atom. The van der Waals surface area contributed by atoms with Gasteiger partial charge in [-0.2, -0.15) is 11.8 Å².